The van der Waals surface area contributed by atoms with Gasteiger partial charge in [-0.2, -0.15) is 0 Å². The van der Waals surface area contributed by atoms with Crippen molar-refractivity contribution >= 4 is 27.7 Å². The molecule has 0 unspecified atom stereocenters. The molecule has 0 atom stereocenters. The van der Waals surface area contributed by atoms with Crippen molar-refractivity contribution in [1.82, 2.24) is 0 Å². The lowest BCUT2D eigenvalue weighted by atomic mass is 10.1. The molecule has 1 N–H and O–H groups in total. The third-order valence-corrected chi connectivity index (χ3v) is 3.00. The summed E-state index contributed by atoms with van der Waals surface area (Å²) in [4.78, 5) is 10.7. The van der Waals surface area contributed by atoms with Gasteiger partial charge in [-0.15, -0.1) is 11.3 Å². The molecule has 0 fully saturated rings. The topological polar surface area (TPSA) is 37.3 Å². The average Bonchev–Trinajstić information content (AvgIpc) is 2.59. The summed E-state index contributed by atoms with van der Waals surface area (Å²) in [6, 6.07) is 2.62. The van der Waals surface area contributed by atoms with Crippen LogP contribution >= 0.6 is 11.3 Å². The first kappa shape index (κ1) is 9.30. The van der Waals surface area contributed by atoms with Crippen molar-refractivity contribution < 1.29 is 14.3 Å². The summed E-state index contributed by atoms with van der Waals surface area (Å²) in [5.74, 6) is -0.388. The standard InChI is InChI=1S/C10H7FO2S/c11-8-1-6(3-12)10-7(4-13)5-14-9(10)2-8/h1-2,4-5,12H,3H2. The first-order chi connectivity index (χ1) is 6.76. The van der Waals surface area contributed by atoms with E-state index in [0.717, 1.165) is 6.29 Å². The predicted molar refractivity (Wildman–Crippen MR) is 53.1 cm³/mol. The average molecular weight is 210 g/mol. The number of hydrogen-bond acceptors (Lipinski definition) is 3. The third-order valence-electron chi connectivity index (χ3n) is 2.05. The van der Waals surface area contributed by atoms with Crippen LogP contribution in [0.25, 0.3) is 10.1 Å². The molecule has 0 aliphatic rings. The maximum Gasteiger partial charge on any atom is 0.151 e. The second-order valence-electron chi connectivity index (χ2n) is 2.91. The van der Waals surface area contributed by atoms with Crippen LogP contribution in [0.2, 0.25) is 0 Å². The van der Waals surface area contributed by atoms with Crippen molar-refractivity contribution in [3.63, 3.8) is 0 Å². The van der Waals surface area contributed by atoms with Crippen LogP contribution in [0, 0.1) is 5.82 Å². The fraction of sp³-hybridized carbons (Fsp3) is 0.100. The lowest BCUT2D eigenvalue weighted by molar-refractivity contribution is 0.112. The number of hydrogen-bond donors (Lipinski definition) is 1. The fourth-order valence-electron chi connectivity index (χ4n) is 1.45. The van der Waals surface area contributed by atoms with Gasteiger partial charge in [-0.05, 0) is 17.7 Å². The van der Waals surface area contributed by atoms with Crippen LogP contribution in [0.1, 0.15) is 15.9 Å². The summed E-state index contributed by atoms with van der Waals surface area (Å²) in [6.45, 7) is -0.258. The highest BCUT2D eigenvalue weighted by Crippen LogP contribution is 2.29. The second-order valence-corrected chi connectivity index (χ2v) is 3.82. The van der Waals surface area contributed by atoms with Crippen LogP contribution in [0.5, 0.6) is 0 Å². The number of benzene rings is 1. The fourth-order valence-corrected chi connectivity index (χ4v) is 2.43. The van der Waals surface area contributed by atoms with E-state index in [4.69, 9.17) is 5.11 Å². The van der Waals surface area contributed by atoms with Gasteiger partial charge in [-0.25, -0.2) is 4.39 Å². The molecule has 2 nitrogen and oxygen atoms in total. The smallest absolute Gasteiger partial charge is 0.151 e. The van der Waals surface area contributed by atoms with Gasteiger partial charge >= 0.3 is 0 Å². The van der Waals surface area contributed by atoms with Gasteiger partial charge in [-0.1, -0.05) is 0 Å². The number of rotatable bonds is 2. The van der Waals surface area contributed by atoms with Crippen LogP contribution in [-0.4, -0.2) is 11.4 Å². The van der Waals surface area contributed by atoms with Crippen LogP contribution in [0.3, 0.4) is 0 Å². The summed E-state index contributed by atoms with van der Waals surface area (Å²) < 4.78 is 13.7. The Hall–Kier alpha value is -1.26. The van der Waals surface area contributed by atoms with Gasteiger partial charge in [0.15, 0.2) is 6.29 Å². The molecule has 4 heteroatoms. The molecule has 0 aliphatic carbocycles. The SMILES string of the molecule is O=Cc1csc2cc(F)cc(CO)c12. The Morgan fingerprint density at radius 3 is 2.93 bits per heavy atom. The van der Waals surface area contributed by atoms with Crippen LogP contribution in [0.15, 0.2) is 17.5 Å². The molecule has 0 amide bonds. The summed E-state index contributed by atoms with van der Waals surface area (Å²) in [5.41, 5.74) is 0.970. The first-order valence-corrected chi connectivity index (χ1v) is 4.90. The number of halogens is 1. The quantitative estimate of drug-likeness (QED) is 0.772. The molecule has 0 bridgehead atoms. The number of aliphatic hydroxyl groups excluding tert-OH is 1. The van der Waals surface area contributed by atoms with Crippen molar-refractivity contribution in [2.45, 2.75) is 6.61 Å². The Bertz CT molecular complexity index is 490. The Morgan fingerprint density at radius 2 is 2.29 bits per heavy atom. The monoisotopic (exact) mass is 210 g/mol. The van der Waals surface area contributed by atoms with E-state index in [1.807, 2.05) is 0 Å². The van der Waals surface area contributed by atoms with Gasteiger partial charge in [0.25, 0.3) is 0 Å². The highest BCUT2D eigenvalue weighted by atomic mass is 32.1. The molecule has 0 saturated heterocycles. The molecule has 0 radical (unpaired) electrons. The Kier molecular flexibility index (Phi) is 2.31. The van der Waals surface area contributed by atoms with E-state index in [0.29, 0.717) is 21.2 Å². The third kappa shape index (κ3) is 1.32. The maximum atomic E-state index is 13.0. The molecule has 14 heavy (non-hydrogen) atoms. The summed E-state index contributed by atoms with van der Waals surface area (Å²) in [5, 5.41) is 11.3. The van der Waals surface area contributed by atoms with Crippen molar-refractivity contribution in [3.8, 4) is 0 Å². The highest BCUT2D eigenvalue weighted by Gasteiger charge is 2.09. The van der Waals surface area contributed by atoms with Crippen LogP contribution < -0.4 is 0 Å². The van der Waals surface area contributed by atoms with Gasteiger partial charge in [0.2, 0.25) is 0 Å². The maximum absolute atomic E-state index is 13.0. The minimum absolute atomic E-state index is 0.258. The van der Waals surface area contributed by atoms with E-state index in [1.54, 1.807) is 5.38 Å². The molecule has 1 aromatic heterocycles. The molecule has 0 saturated carbocycles. The summed E-state index contributed by atoms with van der Waals surface area (Å²) in [6.07, 6.45) is 0.718. The summed E-state index contributed by atoms with van der Waals surface area (Å²) in [7, 11) is 0. The predicted octanol–water partition coefficient (Wildman–Crippen LogP) is 2.35. The number of aldehydes is 1. The Morgan fingerprint density at radius 1 is 1.50 bits per heavy atom. The van der Waals surface area contributed by atoms with E-state index < -0.39 is 0 Å². The van der Waals surface area contributed by atoms with Crippen LogP contribution in [0.4, 0.5) is 4.39 Å². The van der Waals surface area contributed by atoms with E-state index in [1.165, 1.54) is 23.5 Å². The van der Waals surface area contributed by atoms with E-state index >= 15 is 0 Å². The number of carbonyl (C=O) groups excluding carboxylic acids is 1. The summed E-state index contributed by atoms with van der Waals surface area (Å²) >= 11 is 1.30. The van der Waals surface area contributed by atoms with Gasteiger partial charge in [-0.3, -0.25) is 4.79 Å². The van der Waals surface area contributed by atoms with E-state index in [-0.39, 0.29) is 12.4 Å². The number of thiophene rings is 1. The van der Waals surface area contributed by atoms with Crippen molar-refractivity contribution in [1.29, 1.82) is 0 Å². The molecule has 1 heterocycles. The number of fused-ring (bicyclic) bond motifs is 1. The molecule has 1 aromatic carbocycles. The lowest BCUT2D eigenvalue weighted by Crippen LogP contribution is -1.88. The van der Waals surface area contributed by atoms with Gasteiger partial charge < -0.3 is 5.11 Å². The first-order valence-electron chi connectivity index (χ1n) is 4.02. The molecule has 2 rings (SSSR count). The van der Waals surface area contributed by atoms with E-state index in [9.17, 15) is 9.18 Å². The second kappa shape index (κ2) is 3.48. The zero-order valence-corrected chi connectivity index (χ0v) is 7.97. The molecule has 0 spiro atoms. The lowest BCUT2D eigenvalue weighted by Gasteiger charge is -2.00. The van der Waals surface area contributed by atoms with Gasteiger partial charge in [0.1, 0.15) is 5.82 Å². The van der Waals surface area contributed by atoms with Gasteiger partial charge in [0, 0.05) is 21.0 Å². The minimum atomic E-state index is -0.388. The molecule has 72 valence electrons. The highest BCUT2D eigenvalue weighted by molar-refractivity contribution is 7.17. The van der Waals surface area contributed by atoms with Crippen molar-refractivity contribution in [2.24, 2.45) is 0 Å². The Labute approximate surface area is 83.6 Å². The zero-order valence-electron chi connectivity index (χ0n) is 7.16. The largest absolute Gasteiger partial charge is 0.392 e. The van der Waals surface area contributed by atoms with Crippen molar-refractivity contribution in [2.75, 3.05) is 0 Å². The molecule has 0 aliphatic heterocycles. The molecular formula is C10H7FO2S. The van der Waals surface area contributed by atoms with Gasteiger partial charge in [0.05, 0.1) is 6.61 Å². The number of carbonyl (C=O) groups is 1. The van der Waals surface area contributed by atoms with Crippen molar-refractivity contribution in [3.05, 3.63) is 34.5 Å². The Balaban J connectivity index is 2.85. The van der Waals surface area contributed by atoms with E-state index in [2.05, 4.69) is 0 Å². The molecule has 2 aromatic rings. The molecular weight excluding hydrogens is 203 g/mol. The minimum Gasteiger partial charge on any atom is -0.392 e. The zero-order chi connectivity index (χ0) is 10.1. The number of aliphatic hydroxyl groups is 1. The normalized spacial score (nSPS) is 10.7. The van der Waals surface area contributed by atoms with Crippen LogP contribution in [-0.2, 0) is 6.61 Å².